The van der Waals surface area contributed by atoms with Crippen LogP contribution in [0.5, 0.6) is 0 Å². The quantitative estimate of drug-likeness (QED) is 0.884. The predicted molar refractivity (Wildman–Crippen MR) is 73.9 cm³/mol. The lowest BCUT2D eigenvalue weighted by Gasteiger charge is -2.36. The molecule has 1 atom stereocenters. The molecule has 0 radical (unpaired) electrons. The summed E-state index contributed by atoms with van der Waals surface area (Å²) >= 11 is 0. The smallest absolute Gasteiger partial charge is 0.316 e. The van der Waals surface area contributed by atoms with Gasteiger partial charge >= 0.3 is 6.03 Å². The minimum Gasteiger partial charge on any atom is -0.336 e. The summed E-state index contributed by atoms with van der Waals surface area (Å²) in [6.45, 7) is 6.84. The number of amides is 2. The Kier molecular flexibility index (Phi) is 4.09. The van der Waals surface area contributed by atoms with Crippen molar-refractivity contribution < 1.29 is 4.79 Å². The van der Waals surface area contributed by atoms with Gasteiger partial charge in [-0.05, 0) is 19.9 Å². The van der Waals surface area contributed by atoms with Gasteiger partial charge in [0.1, 0.15) is 0 Å². The molecule has 19 heavy (non-hydrogen) atoms. The zero-order chi connectivity index (χ0) is 14.0. The SMILES string of the molecule is CC(C)N1Cc2ccnn2C(CNC(=O)N(C)C)C1. The number of urea groups is 1. The zero-order valence-electron chi connectivity index (χ0n) is 12.1. The summed E-state index contributed by atoms with van der Waals surface area (Å²) in [4.78, 5) is 15.6. The largest absolute Gasteiger partial charge is 0.336 e. The molecule has 6 heteroatoms. The van der Waals surface area contributed by atoms with Gasteiger partial charge in [0, 0.05) is 46.0 Å². The summed E-state index contributed by atoms with van der Waals surface area (Å²) < 4.78 is 2.04. The van der Waals surface area contributed by atoms with Crippen LogP contribution in [0.4, 0.5) is 4.79 Å². The number of hydrogen-bond acceptors (Lipinski definition) is 3. The maximum absolute atomic E-state index is 11.6. The number of carbonyl (C=O) groups is 1. The summed E-state index contributed by atoms with van der Waals surface area (Å²) in [5.74, 6) is 0. The van der Waals surface area contributed by atoms with Crippen LogP contribution >= 0.6 is 0 Å². The molecule has 106 valence electrons. The predicted octanol–water partition coefficient (Wildman–Crippen LogP) is 0.919. The van der Waals surface area contributed by atoms with Crippen LogP contribution in [0.3, 0.4) is 0 Å². The molecule has 1 aliphatic rings. The van der Waals surface area contributed by atoms with E-state index in [1.165, 1.54) is 5.69 Å². The van der Waals surface area contributed by atoms with E-state index in [1.54, 1.807) is 19.0 Å². The molecule has 0 bridgehead atoms. The fourth-order valence-corrected chi connectivity index (χ4v) is 2.32. The molecule has 0 spiro atoms. The van der Waals surface area contributed by atoms with Crippen LogP contribution in [0.15, 0.2) is 12.3 Å². The van der Waals surface area contributed by atoms with E-state index in [9.17, 15) is 4.79 Å². The number of aromatic nitrogens is 2. The van der Waals surface area contributed by atoms with Crippen molar-refractivity contribution in [3.05, 3.63) is 18.0 Å². The maximum atomic E-state index is 11.6. The molecule has 0 fully saturated rings. The van der Waals surface area contributed by atoms with E-state index in [-0.39, 0.29) is 12.1 Å². The number of nitrogens with zero attached hydrogens (tertiary/aromatic N) is 4. The lowest BCUT2D eigenvalue weighted by Crippen LogP contribution is -2.46. The summed E-state index contributed by atoms with van der Waals surface area (Å²) in [5.41, 5.74) is 1.21. The van der Waals surface area contributed by atoms with Gasteiger partial charge in [0.05, 0.1) is 11.7 Å². The van der Waals surface area contributed by atoms with E-state index in [4.69, 9.17) is 0 Å². The molecule has 2 rings (SSSR count). The Morgan fingerprint density at radius 3 is 2.95 bits per heavy atom. The minimum absolute atomic E-state index is 0.0598. The average molecular weight is 265 g/mol. The highest BCUT2D eigenvalue weighted by atomic mass is 16.2. The molecule has 1 unspecified atom stereocenters. The Labute approximate surface area is 114 Å². The lowest BCUT2D eigenvalue weighted by atomic mass is 10.1. The second-order valence-electron chi connectivity index (χ2n) is 5.52. The highest BCUT2D eigenvalue weighted by molar-refractivity contribution is 5.73. The Bertz CT molecular complexity index is 440. The molecular weight excluding hydrogens is 242 g/mol. The van der Waals surface area contributed by atoms with Crippen molar-refractivity contribution in [2.45, 2.75) is 32.5 Å². The van der Waals surface area contributed by atoms with Crippen LogP contribution < -0.4 is 5.32 Å². The third-order valence-electron chi connectivity index (χ3n) is 3.53. The zero-order valence-corrected chi connectivity index (χ0v) is 12.1. The summed E-state index contributed by atoms with van der Waals surface area (Å²) in [7, 11) is 3.49. The van der Waals surface area contributed by atoms with Crippen molar-refractivity contribution >= 4 is 6.03 Å². The second-order valence-corrected chi connectivity index (χ2v) is 5.52. The van der Waals surface area contributed by atoms with Crippen LogP contribution in [-0.2, 0) is 6.54 Å². The standard InChI is InChI=1S/C13H23N5O/c1-10(2)17-8-11-5-6-15-18(11)12(9-17)7-14-13(19)16(3)4/h5-6,10,12H,7-9H2,1-4H3,(H,14,19). The van der Waals surface area contributed by atoms with Crippen molar-refractivity contribution in [3.8, 4) is 0 Å². The first-order chi connectivity index (χ1) is 8.99. The van der Waals surface area contributed by atoms with Gasteiger partial charge in [0.25, 0.3) is 0 Å². The van der Waals surface area contributed by atoms with Gasteiger partial charge < -0.3 is 10.2 Å². The van der Waals surface area contributed by atoms with Gasteiger partial charge in [-0.3, -0.25) is 9.58 Å². The van der Waals surface area contributed by atoms with Crippen molar-refractivity contribution in [2.75, 3.05) is 27.2 Å². The molecule has 2 heterocycles. The Morgan fingerprint density at radius 1 is 1.58 bits per heavy atom. The molecule has 1 N–H and O–H groups in total. The minimum atomic E-state index is -0.0598. The highest BCUT2D eigenvalue weighted by Crippen LogP contribution is 2.21. The molecule has 1 aliphatic heterocycles. The van der Waals surface area contributed by atoms with E-state index in [0.717, 1.165) is 13.1 Å². The molecule has 1 aromatic rings. The normalized spacial score (nSPS) is 19.3. The molecule has 6 nitrogen and oxygen atoms in total. The van der Waals surface area contributed by atoms with E-state index in [2.05, 4.69) is 35.2 Å². The van der Waals surface area contributed by atoms with E-state index in [0.29, 0.717) is 12.6 Å². The van der Waals surface area contributed by atoms with Gasteiger partial charge in [0.15, 0.2) is 0 Å². The molecule has 1 aromatic heterocycles. The molecule has 0 aliphatic carbocycles. The first-order valence-corrected chi connectivity index (χ1v) is 6.70. The third kappa shape index (κ3) is 3.07. The number of fused-ring (bicyclic) bond motifs is 1. The van der Waals surface area contributed by atoms with Gasteiger partial charge in [0.2, 0.25) is 0 Å². The maximum Gasteiger partial charge on any atom is 0.316 e. The monoisotopic (exact) mass is 265 g/mol. The number of rotatable bonds is 3. The van der Waals surface area contributed by atoms with Gasteiger partial charge in [-0.25, -0.2) is 4.79 Å². The van der Waals surface area contributed by atoms with Crippen LogP contribution in [0.2, 0.25) is 0 Å². The Balaban J connectivity index is 2.05. The molecule has 0 saturated carbocycles. The summed E-state index contributed by atoms with van der Waals surface area (Å²) in [5, 5.41) is 7.32. The summed E-state index contributed by atoms with van der Waals surface area (Å²) in [6.07, 6.45) is 1.83. The molecule has 2 amide bonds. The van der Waals surface area contributed by atoms with Crippen LogP contribution in [0.1, 0.15) is 25.6 Å². The number of carbonyl (C=O) groups excluding carboxylic acids is 1. The summed E-state index contributed by atoms with van der Waals surface area (Å²) in [6, 6.07) is 2.69. The Morgan fingerprint density at radius 2 is 2.32 bits per heavy atom. The van der Waals surface area contributed by atoms with Crippen molar-refractivity contribution in [1.82, 2.24) is 24.9 Å². The first-order valence-electron chi connectivity index (χ1n) is 6.70. The van der Waals surface area contributed by atoms with Crippen LogP contribution in [0, 0.1) is 0 Å². The van der Waals surface area contributed by atoms with E-state index in [1.807, 2.05) is 10.9 Å². The fraction of sp³-hybridized carbons (Fsp3) is 0.692. The molecule has 0 saturated heterocycles. The number of nitrogens with one attached hydrogen (secondary N) is 1. The Hall–Kier alpha value is -1.56. The van der Waals surface area contributed by atoms with E-state index >= 15 is 0 Å². The van der Waals surface area contributed by atoms with Crippen molar-refractivity contribution in [2.24, 2.45) is 0 Å². The number of hydrogen-bond donors (Lipinski definition) is 1. The average Bonchev–Trinajstić information content (AvgIpc) is 2.83. The van der Waals surface area contributed by atoms with Gasteiger partial charge in [-0.1, -0.05) is 0 Å². The highest BCUT2D eigenvalue weighted by Gasteiger charge is 2.27. The topological polar surface area (TPSA) is 53.4 Å². The van der Waals surface area contributed by atoms with Crippen molar-refractivity contribution in [3.63, 3.8) is 0 Å². The van der Waals surface area contributed by atoms with E-state index < -0.39 is 0 Å². The van der Waals surface area contributed by atoms with Gasteiger partial charge in [-0.15, -0.1) is 0 Å². The lowest BCUT2D eigenvalue weighted by molar-refractivity contribution is 0.137. The fourth-order valence-electron chi connectivity index (χ4n) is 2.32. The molecular formula is C13H23N5O. The second kappa shape index (κ2) is 5.61. The van der Waals surface area contributed by atoms with Gasteiger partial charge in [-0.2, -0.15) is 5.10 Å². The van der Waals surface area contributed by atoms with Crippen LogP contribution in [-0.4, -0.2) is 58.8 Å². The molecule has 0 aromatic carbocycles. The first kappa shape index (κ1) is 13.9. The van der Waals surface area contributed by atoms with Crippen LogP contribution in [0.25, 0.3) is 0 Å². The third-order valence-corrected chi connectivity index (χ3v) is 3.53. The van der Waals surface area contributed by atoms with Crippen molar-refractivity contribution in [1.29, 1.82) is 0 Å².